The van der Waals surface area contributed by atoms with Crippen LogP contribution in [-0.4, -0.2) is 16.8 Å². The summed E-state index contributed by atoms with van der Waals surface area (Å²) in [5, 5.41) is 0. The van der Waals surface area contributed by atoms with Crippen LogP contribution in [0.3, 0.4) is 0 Å². The van der Waals surface area contributed by atoms with E-state index >= 15 is 0 Å². The Labute approximate surface area is 170 Å². The van der Waals surface area contributed by atoms with Crippen molar-refractivity contribution in [3.05, 3.63) is 41.4 Å². The SMILES string of the molecule is C/C=C/C=C/C=C/CCCCCCC(CCC)OC(=O)CC(C)(C)SN=O. The number of nitroso groups, excluding NO2 is 1. The number of ether oxygens (including phenoxy) is 1. The average molecular weight is 396 g/mol. The molecule has 0 aliphatic rings. The lowest BCUT2D eigenvalue weighted by molar-refractivity contribution is -0.150. The van der Waals surface area contributed by atoms with E-state index in [0.717, 1.165) is 50.5 Å². The molecular formula is C22H37NO3S. The second kappa shape index (κ2) is 16.8. The third-order valence-electron chi connectivity index (χ3n) is 4.07. The smallest absolute Gasteiger partial charge is 0.307 e. The lowest BCUT2D eigenvalue weighted by atomic mass is 10.0. The van der Waals surface area contributed by atoms with Crippen LogP contribution in [0.2, 0.25) is 0 Å². The molecule has 0 radical (unpaired) electrons. The molecule has 0 spiro atoms. The van der Waals surface area contributed by atoms with Crippen LogP contribution >= 0.6 is 11.9 Å². The number of allylic oxidation sites excluding steroid dienone is 6. The van der Waals surface area contributed by atoms with Crippen LogP contribution in [0.15, 0.2) is 41.0 Å². The number of carbonyl (C=O) groups excluding carboxylic acids is 1. The zero-order valence-corrected chi connectivity index (χ0v) is 18.3. The highest BCUT2D eigenvalue weighted by molar-refractivity contribution is 7.99. The normalized spacial score (nSPS) is 13.6. The highest BCUT2D eigenvalue weighted by Gasteiger charge is 2.26. The Bertz CT molecular complexity index is 484. The predicted molar refractivity (Wildman–Crippen MR) is 118 cm³/mol. The predicted octanol–water partition coefficient (Wildman–Crippen LogP) is 7.31. The van der Waals surface area contributed by atoms with Crippen molar-refractivity contribution in [2.24, 2.45) is 4.58 Å². The molecule has 0 bridgehead atoms. The van der Waals surface area contributed by atoms with Crippen molar-refractivity contribution in [2.75, 3.05) is 0 Å². The minimum atomic E-state index is -0.509. The van der Waals surface area contributed by atoms with Crippen LogP contribution in [0, 0.1) is 4.91 Å². The molecule has 1 atom stereocenters. The molecule has 0 saturated heterocycles. The first kappa shape index (κ1) is 25.6. The third-order valence-corrected chi connectivity index (χ3v) is 4.79. The molecule has 0 heterocycles. The fraction of sp³-hybridized carbons (Fsp3) is 0.682. The topological polar surface area (TPSA) is 55.7 Å². The van der Waals surface area contributed by atoms with Crippen LogP contribution in [0.25, 0.3) is 0 Å². The van der Waals surface area contributed by atoms with Crippen molar-refractivity contribution >= 4 is 17.9 Å². The summed E-state index contributed by atoms with van der Waals surface area (Å²) in [6.45, 7) is 7.78. The van der Waals surface area contributed by atoms with E-state index in [0.29, 0.717) is 0 Å². The number of nitrogens with zero attached hydrogens (tertiary/aromatic N) is 1. The molecule has 0 rings (SSSR count). The molecule has 0 aromatic carbocycles. The maximum absolute atomic E-state index is 12.1. The Morgan fingerprint density at radius 3 is 2.44 bits per heavy atom. The molecule has 27 heavy (non-hydrogen) atoms. The molecule has 0 saturated carbocycles. The van der Waals surface area contributed by atoms with Gasteiger partial charge in [0.15, 0.2) is 0 Å². The Balaban J connectivity index is 3.98. The van der Waals surface area contributed by atoms with Crippen LogP contribution < -0.4 is 0 Å². The first-order valence-corrected chi connectivity index (χ1v) is 10.9. The first-order chi connectivity index (χ1) is 12.9. The fourth-order valence-electron chi connectivity index (χ4n) is 2.69. The highest BCUT2D eigenvalue weighted by Crippen LogP contribution is 2.29. The van der Waals surface area contributed by atoms with Gasteiger partial charge in [-0.2, -0.15) is 0 Å². The summed E-state index contributed by atoms with van der Waals surface area (Å²) in [4.78, 5) is 22.5. The number of rotatable bonds is 16. The van der Waals surface area contributed by atoms with Crippen molar-refractivity contribution < 1.29 is 9.53 Å². The highest BCUT2D eigenvalue weighted by atomic mass is 32.2. The average Bonchev–Trinajstić information content (AvgIpc) is 2.59. The molecule has 0 aliphatic carbocycles. The Kier molecular flexibility index (Phi) is 15.9. The summed E-state index contributed by atoms with van der Waals surface area (Å²) in [5.74, 6) is -0.231. The van der Waals surface area contributed by atoms with Crippen LogP contribution in [-0.2, 0) is 9.53 Å². The number of hydrogen-bond donors (Lipinski definition) is 0. The van der Waals surface area contributed by atoms with Gasteiger partial charge in [-0.3, -0.25) is 4.79 Å². The molecule has 154 valence electrons. The van der Waals surface area contributed by atoms with Crippen LogP contribution in [0.4, 0.5) is 0 Å². The maximum Gasteiger partial charge on any atom is 0.307 e. The van der Waals surface area contributed by atoms with Gasteiger partial charge in [0.05, 0.1) is 6.42 Å². The lowest BCUT2D eigenvalue weighted by Gasteiger charge is -2.22. The summed E-state index contributed by atoms with van der Waals surface area (Å²) >= 11 is 0.894. The van der Waals surface area contributed by atoms with Crippen LogP contribution in [0.5, 0.6) is 0 Å². The molecule has 0 fully saturated rings. The van der Waals surface area contributed by atoms with Crippen molar-refractivity contribution in [1.82, 2.24) is 0 Å². The van der Waals surface area contributed by atoms with Crippen molar-refractivity contribution in [2.45, 2.75) is 96.3 Å². The number of carbonyl (C=O) groups is 1. The largest absolute Gasteiger partial charge is 0.462 e. The maximum atomic E-state index is 12.1. The van der Waals surface area contributed by atoms with Gasteiger partial charge in [-0.25, -0.2) is 0 Å². The molecule has 1 unspecified atom stereocenters. The quantitative estimate of drug-likeness (QED) is 0.0903. The summed E-state index contributed by atoms with van der Waals surface area (Å²) in [6.07, 6.45) is 21.1. The lowest BCUT2D eigenvalue weighted by Crippen LogP contribution is -2.25. The van der Waals surface area contributed by atoms with Gasteiger partial charge < -0.3 is 4.74 Å². The van der Waals surface area contributed by atoms with Gasteiger partial charge in [0.25, 0.3) is 0 Å². The molecule has 4 nitrogen and oxygen atoms in total. The van der Waals surface area contributed by atoms with Crippen molar-refractivity contribution in [3.8, 4) is 0 Å². The van der Waals surface area contributed by atoms with E-state index in [9.17, 15) is 9.70 Å². The Hall–Kier alpha value is -1.36. The number of unbranched alkanes of at least 4 members (excludes halogenated alkanes) is 4. The fourth-order valence-corrected chi connectivity index (χ4v) is 3.08. The van der Waals surface area contributed by atoms with Crippen LogP contribution in [0.1, 0.15) is 85.5 Å². The molecule has 0 aromatic heterocycles. The van der Waals surface area contributed by atoms with Gasteiger partial charge in [-0.15, -0.1) is 4.91 Å². The van der Waals surface area contributed by atoms with Gasteiger partial charge in [-0.1, -0.05) is 62.6 Å². The Morgan fingerprint density at radius 1 is 1.07 bits per heavy atom. The van der Waals surface area contributed by atoms with E-state index in [2.05, 4.69) is 29.7 Å². The van der Waals surface area contributed by atoms with E-state index in [4.69, 9.17) is 4.74 Å². The van der Waals surface area contributed by atoms with E-state index in [1.165, 1.54) is 12.8 Å². The summed E-state index contributed by atoms with van der Waals surface area (Å²) in [5.41, 5.74) is 0. The van der Waals surface area contributed by atoms with E-state index in [1.807, 2.05) is 39.0 Å². The number of hydrogen-bond acceptors (Lipinski definition) is 5. The zero-order chi connectivity index (χ0) is 20.4. The minimum absolute atomic E-state index is 0.0101. The van der Waals surface area contributed by atoms with Gasteiger partial charge in [-0.05, 0) is 52.9 Å². The van der Waals surface area contributed by atoms with Gasteiger partial charge in [0, 0.05) is 21.3 Å². The molecule has 0 N–H and O–H groups in total. The first-order valence-electron chi connectivity index (χ1n) is 10.1. The summed E-state index contributed by atoms with van der Waals surface area (Å²) in [7, 11) is 0. The molecule has 5 heteroatoms. The summed E-state index contributed by atoms with van der Waals surface area (Å²) < 4.78 is 7.97. The van der Waals surface area contributed by atoms with Crippen molar-refractivity contribution in [1.29, 1.82) is 0 Å². The van der Waals surface area contributed by atoms with Gasteiger partial charge in [0.2, 0.25) is 0 Å². The monoisotopic (exact) mass is 395 g/mol. The molecule has 0 aromatic rings. The van der Waals surface area contributed by atoms with E-state index in [1.54, 1.807) is 0 Å². The molecule has 0 aliphatic heterocycles. The third kappa shape index (κ3) is 16.5. The molecule has 0 amide bonds. The standard InChI is InChI=1S/C22H37NO3S/c1-5-7-8-9-10-11-12-13-14-15-16-18-20(17-6-2)26-21(24)19-22(3,4)27-23-25/h5,7-11,20H,6,12-19H2,1-4H3/b7-5+,9-8+,11-10+. The van der Waals surface area contributed by atoms with Gasteiger partial charge in [0.1, 0.15) is 6.10 Å². The summed E-state index contributed by atoms with van der Waals surface area (Å²) in [6, 6.07) is 0. The zero-order valence-electron chi connectivity index (χ0n) is 17.5. The number of esters is 1. The Morgan fingerprint density at radius 2 is 1.78 bits per heavy atom. The molecular weight excluding hydrogens is 358 g/mol. The van der Waals surface area contributed by atoms with E-state index in [-0.39, 0.29) is 18.5 Å². The minimum Gasteiger partial charge on any atom is -0.462 e. The second-order valence-corrected chi connectivity index (χ2v) is 8.77. The van der Waals surface area contributed by atoms with Crippen molar-refractivity contribution in [3.63, 3.8) is 0 Å². The second-order valence-electron chi connectivity index (χ2n) is 7.33. The van der Waals surface area contributed by atoms with E-state index < -0.39 is 4.75 Å². The van der Waals surface area contributed by atoms with Gasteiger partial charge >= 0.3 is 5.97 Å².